The van der Waals surface area contributed by atoms with Crippen LogP contribution in [-0.2, 0) is 24.7 Å². The number of ether oxygens (including phenoxy) is 2. The van der Waals surface area contributed by atoms with Crippen molar-refractivity contribution in [2.45, 2.75) is 31.4 Å². The fourth-order valence-corrected chi connectivity index (χ4v) is 6.27. The molecule has 1 heterocycles. The number of allylic oxidation sites excluding steroid dienone is 2. The van der Waals surface area contributed by atoms with Crippen LogP contribution in [0.5, 0.6) is 0 Å². The first-order valence-electron chi connectivity index (χ1n) is 12.3. The number of carbonyl (C=O) groups is 2. The normalized spacial score (nSPS) is 28.3. The number of nitrogens with zero attached hydrogens (tertiary/aromatic N) is 1. The third kappa shape index (κ3) is 4.48. The first-order chi connectivity index (χ1) is 17.8. The molecule has 1 aliphatic heterocycles. The minimum atomic E-state index is -1.17. The molecule has 1 saturated heterocycles. The van der Waals surface area contributed by atoms with Gasteiger partial charge in [0.2, 0.25) is 0 Å². The fourth-order valence-electron chi connectivity index (χ4n) is 5.94. The number of esters is 1. The topological polar surface area (TPSA) is 101 Å². The van der Waals surface area contributed by atoms with Crippen molar-refractivity contribution in [3.8, 4) is 0 Å². The molecular weight excluding hydrogens is 492 g/mol. The second kappa shape index (κ2) is 10.2. The van der Waals surface area contributed by atoms with E-state index in [4.69, 9.17) is 21.7 Å². The van der Waals surface area contributed by atoms with Crippen molar-refractivity contribution >= 4 is 41.0 Å². The smallest absolute Gasteiger partial charge is 0.333 e. The zero-order chi connectivity index (χ0) is 26.2. The zero-order valence-corrected chi connectivity index (χ0v) is 21.1. The summed E-state index contributed by atoms with van der Waals surface area (Å²) in [6.07, 6.45) is 9.13. The van der Waals surface area contributed by atoms with E-state index in [1.165, 1.54) is 23.1 Å². The number of carbonyl (C=O) groups excluding carboxylic acids is 2. The molecule has 2 aromatic rings. The molecule has 2 aliphatic carbocycles. The van der Waals surface area contributed by atoms with Crippen molar-refractivity contribution < 1.29 is 34.7 Å². The number of rotatable bonds is 7. The predicted molar refractivity (Wildman–Crippen MR) is 138 cm³/mol. The fraction of sp³-hybridized carbons (Fsp3) is 0.321. The third-order valence-electron chi connectivity index (χ3n) is 7.51. The highest BCUT2D eigenvalue weighted by Crippen LogP contribution is 2.57. The van der Waals surface area contributed by atoms with Gasteiger partial charge >= 0.3 is 5.97 Å². The molecule has 3 N–H and O–H groups in total. The zero-order valence-electron chi connectivity index (χ0n) is 20.3. The maximum absolute atomic E-state index is 13.6. The summed E-state index contributed by atoms with van der Waals surface area (Å²) in [5, 5.41) is 17.6. The summed E-state index contributed by atoms with van der Waals surface area (Å²) in [6.45, 7) is 1.89. The average molecular weight is 522 g/mol. The van der Waals surface area contributed by atoms with Gasteiger partial charge in [0.1, 0.15) is 0 Å². The molecule has 0 radical (unpaired) electrons. The van der Waals surface area contributed by atoms with E-state index >= 15 is 0 Å². The van der Waals surface area contributed by atoms with Crippen LogP contribution in [0.1, 0.15) is 30.9 Å². The number of quaternary nitrogens is 1. The van der Waals surface area contributed by atoms with E-state index in [1.54, 1.807) is 25.1 Å². The predicted octanol–water partition coefficient (Wildman–Crippen LogP) is 3.18. The van der Waals surface area contributed by atoms with Gasteiger partial charge in [0.25, 0.3) is 11.1 Å². The Balaban J connectivity index is 1.54. The molecular formula is C28H29N2O6S+. The van der Waals surface area contributed by atoms with Crippen molar-refractivity contribution in [3.05, 3.63) is 84.0 Å². The molecule has 192 valence electrons. The Morgan fingerprint density at radius 3 is 2.46 bits per heavy atom. The molecule has 0 spiro atoms. The highest BCUT2D eigenvalue weighted by atomic mass is 32.1. The maximum Gasteiger partial charge on any atom is 0.333 e. The standard InChI is InChI=1S/C28H28N2O6S/c1-2-35-26(32)25-28(21-6-4-3-5-7-21,23-17-19-8-12-20(23)16-19)36-27(37)29(25)24(31)15-11-18-9-13-22(14-10-18)30(33)34/h3-15,19-20,23,25,33-34H,2,16-17H2,1H3/p+1/b15-11+. The van der Waals surface area contributed by atoms with Gasteiger partial charge in [-0.3, -0.25) is 9.69 Å². The van der Waals surface area contributed by atoms with Crippen molar-refractivity contribution in [2.24, 2.45) is 17.8 Å². The summed E-state index contributed by atoms with van der Waals surface area (Å²) in [5.74, 6) is -0.514. The summed E-state index contributed by atoms with van der Waals surface area (Å²) in [5.41, 5.74) is 0.530. The van der Waals surface area contributed by atoms with Crippen LogP contribution in [-0.4, -0.2) is 45.0 Å². The number of fused-ring (bicyclic) bond motifs is 2. The Morgan fingerprint density at radius 1 is 1.14 bits per heavy atom. The van der Waals surface area contributed by atoms with Crippen LogP contribution in [0.2, 0.25) is 0 Å². The number of amides is 1. The molecule has 2 aromatic carbocycles. The molecule has 9 heteroatoms. The van der Waals surface area contributed by atoms with Gasteiger partial charge in [0.05, 0.1) is 6.61 Å². The molecule has 5 rings (SSSR count). The molecule has 5 atom stereocenters. The van der Waals surface area contributed by atoms with Crippen LogP contribution < -0.4 is 5.23 Å². The van der Waals surface area contributed by atoms with Crippen molar-refractivity contribution in [3.63, 3.8) is 0 Å². The molecule has 1 saturated carbocycles. The van der Waals surface area contributed by atoms with Crippen LogP contribution in [0.4, 0.5) is 5.69 Å². The highest BCUT2D eigenvalue weighted by molar-refractivity contribution is 7.80. The van der Waals surface area contributed by atoms with E-state index in [2.05, 4.69) is 12.2 Å². The minimum absolute atomic E-state index is 0.0570. The highest BCUT2D eigenvalue weighted by Gasteiger charge is 2.65. The SMILES string of the molecule is CCOC(=O)C1N(C(=O)/C=C/c2ccc([NH+](O)O)cc2)C(=S)OC1(c1ccccc1)C1CC2C=CC1C2. The second-order valence-electron chi connectivity index (χ2n) is 9.56. The average Bonchev–Trinajstić information content (AvgIpc) is 3.62. The summed E-state index contributed by atoms with van der Waals surface area (Å²) < 4.78 is 12.0. The van der Waals surface area contributed by atoms with Crippen LogP contribution >= 0.6 is 12.2 Å². The van der Waals surface area contributed by atoms with Crippen LogP contribution in [0, 0.1) is 17.8 Å². The number of hydrogen-bond acceptors (Lipinski definition) is 7. The molecule has 2 bridgehead atoms. The summed E-state index contributed by atoms with van der Waals surface area (Å²) >= 11 is 5.61. The van der Waals surface area contributed by atoms with E-state index in [0.717, 1.165) is 18.4 Å². The summed E-state index contributed by atoms with van der Waals surface area (Å²) in [7, 11) is 0. The van der Waals surface area contributed by atoms with Gasteiger partial charge in [-0.25, -0.2) is 4.79 Å². The van der Waals surface area contributed by atoms with Gasteiger partial charge < -0.3 is 9.47 Å². The number of benzene rings is 2. The molecule has 8 nitrogen and oxygen atoms in total. The maximum atomic E-state index is 13.6. The van der Waals surface area contributed by atoms with E-state index in [0.29, 0.717) is 11.5 Å². The molecule has 3 aliphatic rings. The number of hydrogen-bond donors (Lipinski definition) is 3. The van der Waals surface area contributed by atoms with Gasteiger partial charge in [-0.1, -0.05) is 42.5 Å². The number of nitrogens with one attached hydrogen (secondary N) is 1. The van der Waals surface area contributed by atoms with E-state index < -0.39 is 28.7 Å². The molecule has 5 unspecified atom stereocenters. The Labute approximate surface area is 220 Å². The Hall–Kier alpha value is -3.37. The quantitative estimate of drug-likeness (QED) is 0.169. The summed E-state index contributed by atoms with van der Waals surface area (Å²) in [4.78, 5) is 28.4. The molecule has 1 amide bonds. The molecule has 0 aromatic heterocycles. The van der Waals surface area contributed by atoms with E-state index in [-0.39, 0.29) is 29.3 Å². The lowest BCUT2D eigenvalue weighted by Crippen LogP contribution is -3.01. The second-order valence-corrected chi connectivity index (χ2v) is 9.90. The van der Waals surface area contributed by atoms with Gasteiger partial charge in [-0.05, 0) is 78.4 Å². The first-order valence-corrected chi connectivity index (χ1v) is 12.8. The van der Waals surface area contributed by atoms with E-state index in [1.807, 2.05) is 30.3 Å². The third-order valence-corrected chi connectivity index (χ3v) is 7.79. The van der Waals surface area contributed by atoms with Gasteiger partial charge in [-0.2, -0.15) is 10.4 Å². The first kappa shape index (κ1) is 25.3. The molecule has 2 fully saturated rings. The van der Waals surface area contributed by atoms with Crippen molar-refractivity contribution in [1.82, 2.24) is 4.90 Å². The van der Waals surface area contributed by atoms with Crippen molar-refractivity contribution in [1.29, 1.82) is 0 Å². The Kier molecular flexibility index (Phi) is 6.96. The lowest BCUT2D eigenvalue weighted by Gasteiger charge is -2.41. The van der Waals surface area contributed by atoms with E-state index in [9.17, 15) is 20.0 Å². The Morgan fingerprint density at radius 2 is 1.86 bits per heavy atom. The van der Waals surface area contributed by atoms with Gasteiger partial charge in [-0.15, -0.1) is 0 Å². The van der Waals surface area contributed by atoms with Gasteiger partial charge in [0.15, 0.2) is 17.3 Å². The molecule has 37 heavy (non-hydrogen) atoms. The van der Waals surface area contributed by atoms with Gasteiger partial charge in [0, 0.05) is 24.1 Å². The van der Waals surface area contributed by atoms with Crippen LogP contribution in [0.25, 0.3) is 6.08 Å². The van der Waals surface area contributed by atoms with Crippen molar-refractivity contribution in [2.75, 3.05) is 6.61 Å². The Bertz CT molecular complexity index is 1250. The van der Waals surface area contributed by atoms with Crippen LogP contribution in [0.3, 0.4) is 0 Å². The lowest BCUT2D eigenvalue weighted by atomic mass is 9.70. The number of thiocarbonyl (C=S) groups is 1. The largest absolute Gasteiger partial charge is 0.464 e. The lowest BCUT2D eigenvalue weighted by molar-refractivity contribution is -1.19. The minimum Gasteiger partial charge on any atom is -0.464 e. The van der Waals surface area contributed by atoms with Crippen LogP contribution in [0.15, 0.2) is 72.8 Å². The summed E-state index contributed by atoms with van der Waals surface area (Å²) in [6, 6.07) is 14.8. The monoisotopic (exact) mass is 521 g/mol.